The number of carbonyl (C=O) groups is 3. The van der Waals surface area contributed by atoms with Gasteiger partial charge in [0, 0.05) is 18.4 Å². The van der Waals surface area contributed by atoms with Gasteiger partial charge in [0.15, 0.2) is 0 Å². The van der Waals surface area contributed by atoms with Gasteiger partial charge in [-0.3, -0.25) is 4.79 Å². The molecule has 42 heavy (non-hydrogen) atoms. The number of fused-ring (bicyclic) bond motifs is 7. The highest BCUT2D eigenvalue weighted by Crippen LogP contribution is 2.77. The third kappa shape index (κ3) is 5.36. The molecule has 5 aliphatic rings. The number of rotatable bonds is 6. The minimum absolute atomic E-state index is 0.000356. The van der Waals surface area contributed by atoms with Gasteiger partial charge in [0.25, 0.3) is 0 Å². The normalized spacial score (nSPS) is 44.8. The molecular weight excluding hydrogens is 524 g/mol. The van der Waals surface area contributed by atoms with Crippen molar-refractivity contribution in [1.29, 1.82) is 0 Å². The van der Waals surface area contributed by atoms with Crippen molar-refractivity contribution in [2.24, 2.45) is 56.7 Å². The fourth-order valence-corrected chi connectivity index (χ4v) is 12.3. The number of aliphatic hydroxyl groups excluding tert-OH is 1. The summed E-state index contributed by atoms with van der Waals surface area (Å²) in [4.78, 5) is 28.7. The summed E-state index contributed by atoms with van der Waals surface area (Å²) in [6.07, 6.45) is 15.0. The van der Waals surface area contributed by atoms with Gasteiger partial charge in [-0.2, -0.15) is 0 Å². The largest absolute Gasteiger partial charge is 0.462 e. The van der Waals surface area contributed by atoms with Crippen LogP contribution in [0.2, 0.25) is 0 Å². The summed E-state index contributed by atoms with van der Waals surface area (Å²) >= 11 is 0. The number of carbonyl (C=O) groups excluding carboxylic acids is 3. The quantitative estimate of drug-likeness (QED) is 0.192. The first kappa shape index (κ1) is 35.0. The van der Waals surface area contributed by atoms with Gasteiger partial charge in [-0.05, 0) is 135 Å². The summed E-state index contributed by atoms with van der Waals surface area (Å²) in [5.41, 5.74) is 3.06. The second-order valence-electron chi connectivity index (χ2n) is 16.4. The van der Waals surface area contributed by atoms with Crippen molar-refractivity contribution >= 4 is 19.5 Å². The van der Waals surface area contributed by atoms with Crippen molar-refractivity contribution in [1.82, 2.24) is 0 Å². The van der Waals surface area contributed by atoms with Crippen LogP contribution < -0.4 is 0 Å². The second kappa shape index (κ2) is 12.9. The zero-order valence-corrected chi connectivity index (χ0v) is 28.1. The Kier molecular flexibility index (Phi) is 10.7. The van der Waals surface area contributed by atoms with E-state index >= 15 is 0 Å². The summed E-state index contributed by atoms with van der Waals surface area (Å²) in [5, 5.41) is 9.09. The van der Waals surface area contributed by atoms with Crippen LogP contribution in [0.5, 0.6) is 0 Å². The summed E-state index contributed by atoms with van der Waals surface area (Å²) in [5.74, 6) is 3.65. The molecule has 0 spiro atoms. The van der Waals surface area contributed by atoms with Gasteiger partial charge in [-0.25, -0.2) is 0 Å². The standard InChI is InChI=1S/C35H58O3.2CH2O/c1-23(2)24-14-17-32(5)20-21-34(7)25(30(24)32)12-13-27-33(6)18-16-28(38-29(37)11-9-10-22-36)31(3,4)26(33)15-19-35(27,34)8;2*1-2/h24-28,30,36H,1,9-22H2,2-8H3;2*1H2/t24-,25+,26?,27+,28?,30?,32+,33-,34+,35+;;/m0../s1. The van der Waals surface area contributed by atoms with Gasteiger partial charge in [0.05, 0.1) is 0 Å². The van der Waals surface area contributed by atoms with Crippen LogP contribution in [0.1, 0.15) is 132 Å². The molecule has 10 atom stereocenters. The lowest BCUT2D eigenvalue weighted by atomic mass is 9.32. The molecular formula is C37H62O5. The third-order valence-electron chi connectivity index (χ3n) is 14.5. The zero-order chi connectivity index (χ0) is 31.7. The Morgan fingerprint density at radius 1 is 0.786 bits per heavy atom. The molecule has 240 valence electrons. The molecule has 0 bridgehead atoms. The fraction of sp³-hybridized carbons (Fsp3) is 0.865. The minimum Gasteiger partial charge on any atom is -0.462 e. The molecule has 0 aromatic rings. The molecule has 0 saturated heterocycles. The lowest BCUT2D eigenvalue weighted by Gasteiger charge is -2.73. The van der Waals surface area contributed by atoms with E-state index in [-0.39, 0.29) is 24.1 Å². The summed E-state index contributed by atoms with van der Waals surface area (Å²) in [6.45, 7) is 26.5. The Morgan fingerprint density at radius 2 is 1.45 bits per heavy atom. The molecule has 0 amide bonds. The Balaban J connectivity index is 0.00000116. The van der Waals surface area contributed by atoms with Crippen molar-refractivity contribution < 1.29 is 24.2 Å². The number of allylic oxidation sites excluding steroid dienone is 1. The predicted molar refractivity (Wildman–Crippen MR) is 170 cm³/mol. The average Bonchev–Trinajstić information content (AvgIpc) is 3.31. The SMILES string of the molecule is C=C(C)[C@@H]1CC[C@]2(C)CC[C@]3(C)[C@H](CC[C@@H]4[C@@]5(C)CCC(OC(=O)CCCCO)C(C)(C)C5CC[C@]43C)C12.C=O.C=O. The first-order valence-corrected chi connectivity index (χ1v) is 16.8. The highest BCUT2D eigenvalue weighted by Gasteiger charge is 2.70. The van der Waals surface area contributed by atoms with Crippen molar-refractivity contribution in [3.05, 3.63) is 12.2 Å². The topological polar surface area (TPSA) is 80.7 Å². The number of unbranched alkanes of at least 4 members (excludes halogenated alkanes) is 1. The second-order valence-corrected chi connectivity index (χ2v) is 16.4. The smallest absolute Gasteiger partial charge is 0.306 e. The van der Waals surface area contributed by atoms with E-state index in [4.69, 9.17) is 19.4 Å². The summed E-state index contributed by atoms with van der Waals surface area (Å²) in [6, 6.07) is 0. The molecule has 0 aromatic carbocycles. The van der Waals surface area contributed by atoms with Crippen molar-refractivity contribution in [2.45, 2.75) is 138 Å². The Bertz CT molecular complexity index is 973. The minimum atomic E-state index is -0.0670. The molecule has 0 aliphatic heterocycles. The van der Waals surface area contributed by atoms with Gasteiger partial charge >= 0.3 is 5.97 Å². The molecule has 0 radical (unpaired) electrons. The van der Waals surface area contributed by atoms with E-state index in [1.54, 1.807) is 0 Å². The van der Waals surface area contributed by atoms with Crippen LogP contribution in [0.3, 0.4) is 0 Å². The average molecular weight is 587 g/mol. The highest BCUT2D eigenvalue weighted by atomic mass is 16.5. The molecule has 0 aromatic heterocycles. The molecule has 5 heteroatoms. The van der Waals surface area contributed by atoms with Crippen LogP contribution in [-0.2, 0) is 19.1 Å². The van der Waals surface area contributed by atoms with Crippen molar-refractivity contribution in [3.63, 3.8) is 0 Å². The predicted octanol–water partition coefficient (Wildman–Crippen LogP) is 8.37. The lowest BCUT2D eigenvalue weighted by molar-refractivity contribution is -0.249. The lowest BCUT2D eigenvalue weighted by Crippen LogP contribution is -2.66. The first-order chi connectivity index (χ1) is 19.7. The Morgan fingerprint density at radius 3 is 2.07 bits per heavy atom. The maximum Gasteiger partial charge on any atom is 0.306 e. The van der Waals surface area contributed by atoms with Crippen LogP contribution >= 0.6 is 0 Å². The highest BCUT2D eigenvalue weighted by molar-refractivity contribution is 5.69. The Hall–Kier alpha value is -1.49. The van der Waals surface area contributed by atoms with Crippen LogP contribution in [0.15, 0.2) is 12.2 Å². The van der Waals surface area contributed by atoms with Crippen LogP contribution in [0.25, 0.3) is 0 Å². The monoisotopic (exact) mass is 586 g/mol. The molecule has 5 rings (SSSR count). The number of ether oxygens (including phenoxy) is 1. The van der Waals surface area contributed by atoms with Crippen LogP contribution in [0.4, 0.5) is 0 Å². The van der Waals surface area contributed by atoms with E-state index in [1.807, 2.05) is 13.6 Å². The number of esters is 1. The van der Waals surface area contributed by atoms with Crippen LogP contribution in [0, 0.1) is 56.7 Å². The van der Waals surface area contributed by atoms with Gasteiger partial charge in [0.1, 0.15) is 19.7 Å². The van der Waals surface area contributed by atoms with E-state index in [9.17, 15) is 4.79 Å². The van der Waals surface area contributed by atoms with E-state index in [1.165, 1.54) is 63.4 Å². The molecule has 5 nitrogen and oxygen atoms in total. The number of hydrogen-bond donors (Lipinski definition) is 1. The molecule has 1 N–H and O–H groups in total. The van der Waals surface area contributed by atoms with E-state index < -0.39 is 0 Å². The summed E-state index contributed by atoms with van der Waals surface area (Å²) in [7, 11) is 0. The summed E-state index contributed by atoms with van der Waals surface area (Å²) < 4.78 is 6.18. The number of aliphatic hydroxyl groups is 1. The molecule has 5 aliphatic carbocycles. The number of hydrogen-bond acceptors (Lipinski definition) is 5. The van der Waals surface area contributed by atoms with Gasteiger partial charge in [-0.15, -0.1) is 0 Å². The molecule has 5 saturated carbocycles. The maximum absolute atomic E-state index is 12.7. The maximum atomic E-state index is 12.7. The van der Waals surface area contributed by atoms with Crippen molar-refractivity contribution in [3.8, 4) is 0 Å². The Labute approximate surface area is 257 Å². The third-order valence-corrected chi connectivity index (χ3v) is 14.5. The molecule has 0 heterocycles. The van der Waals surface area contributed by atoms with Crippen LogP contribution in [-0.4, -0.2) is 37.4 Å². The van der Waals surface area contributed by atoms with Gasteiger partial charge in [-0.1, -0.05) is 53.7 Å². The van der Waals surface area contributed by atoms with Gasteiger partial charge in [0.2, 0.25) is 0 Å². The molecule has 5 fully saturated rings. The molecule has 3 unspecified atom stereocenters. The van der Waals surface area contributed by atoms with E-state index in [2.05, 4.69) is 55.0 Å². The van der Waals surface area contributed by atoms with Gasteiger partial charge < -0.3 is 19.4 Å². The first-order valence-electron chi connectivity index (χ1n) is 16.8. The van der Waals surface area contributed by atoms with E-state index in [0.29, 0.717) is 40.4 Å². The van der Waals surface area contributed by atoms with Crippen molar-refractivity contribution in [2.75, 3.05) is 6.61 Å². The van der Waals surface area contributed by atoms with E-state index in [0.717, 1.165) is 36.5 Å². The fourth-order valence-electron chi connectivity index (χ4n) is 12.3. The zero-order valence-electron chi connectivity index (χ0n) is 28.1.